The molecule has 5 amide bonds. The number of hydrogen-bond donors (Lipinski definition) is 4. The van der Waals surface area contributed by atoms with E-state index >= 15 is 0 Å². The Balaban J connectivity index is 1.76. The lowest BCUT2D eigenvalue weighted by Crippen LogP contribution is -2.70. The number of morpholine rings is 1. The first-order chi connectivity index (χ1) is 23.7. The van der Waals surface area contributed by atoms with Gasteiger partial charge in [-0.25, -0.2) is 10.6 Å². The Morgan fingerprint density at radius 2 is 1.57 bits per heavy atom. The molecule has 5 N–H and O–H groups in total. The highest BCUT2D eigenvalue weighted by molar-refractivity contribution is 6.00. The van der Waals surface area contributed by atoms with Crippen LogP contribution < -0.4 is 16.5 Å². The van der Waals surface area contributed by atoms with Crippen LogP contribution in [0.3, 0.4) is 0 Å². The Kier molecular flexibility index (Phi) is 13.9. The zero-order valence-corrected chi connectivity index (χ0v) is 28.5. The minimum Gasteiger partial charge on any atom is -0.396 e. The molecule has 0 radical (unpaired) electrons. The lowest BCUT2D eigenvalue weighted by Gasteiger charge is -2.44. The third-order valence-corrected chi connectivity index (χ3v) is 9.17. The van der Waals surface area contributed by atoms with Crippen LogP contribution in [-0.2, 0) is 32.0 Å². The highest BCUT2D eigenvalue weighted by atomic mass is 16.5. The van der Waals surface area contributed by atoms with E-state index in [-0.39, 0.29) is 19.3 Å². The Morgan fingerprint density at radius 3 is 2.22 bits per heavy atom. The molecule has 1 saturated heterocycles. The van der Waals surface area contributed by atoms with Gasteiger partial charge in [-0.05, 0) is 28.7 Å². The van der Waals surface area contributed by atoms with Crippen LogP contribution in [0.5, 0.6) is 0 Å². The molecule has 4 rings (SSSR count). The van der Waals surface area contributed by atoms with Gasteiger partial charge in [-0.3, -0.25) is 24.7 Å². The maximum absolute atomic E-state index is 14.9. The second-order valence-corrected chi connectivity index (χ2v) is 12.5. The van der Waals surface area contributed by atoms with Gasteiger partial charge in [0.05, 0.1) is 13.2 Å². The van der Waals surface area contributed by atoms with Crippen LogP contribution in [0, 0.1) is 5.92 Å². The number of nitrogens with zero attached hydrogens (tertiary/aromatic N) is 2. The third kappa shape index (κ3) is 9.53. The van der Waals surface area contributed by atoms with Gasteiger partial charge in [0.15, 0.2) is 0 Å². The number of benzene rings is 3. The fraction of sp³-hybridized carbons (Fsp3) is 0.421. The first kappa shape index (κ1) is 37.2. The van der Waals surface area contributed by atoms with E-state index in [4.69, 9.17) is 10.6 Å². The summed E-state index contributed by atoms with van der Waals surface area (Å²) in [5.74, 6) is 3.99. The quantitative estimate of drug-likeness (QED) is 0.0829. The average molecular weight is 672 g/mol. The molecular weight excluding hydrogens is 622 g/mol. The third-order valence-electron chi connectivity index (χ3n) is 9.17. The number of imide groups is 1. The molecule has 49 heavy (non-hydrogen) atoms. The summed E-state index contributed by atoms with van der Waals surface area (Å²) in [4.78, 5) is 57.0. The van der Waals surface area contributed by atoms with Gasteiger partial charge in [0.25, 0.3) is 5.91 Å². The summed E-state index contributed by atoms with van der Waals surface area (Å²) in [6.07, 6.45) is 2.40. The topological polar surface area (TPSA) is 154 Å². The van der Waals surface area contributed by atoms with E-state index in [1.54, 1.807) is 6.92 Å². The van der Waals surface area contributed by atoms with Crippen molar-refractivity contribution < 1.29 is 29.0 Å². The summed E-state index contributed by atoms with van der Waals surface area (Å²) in [5.41, 5.74) is 1.41. The molecule has 3 atom stereocenters. The van der Waals surface area contributed by atoms with Gasteiger partial charge < -0.3 is 20.1 Å². The minimum absolute atomic E-state index is 0.0476. The zero-order valence-electron chi connectivity index (χ0n) is 28.5. The van der Waals surface area contributed by atoms with Crippen molar-refractivity contribution in [2.75, 3.05) is 32.9 Å². The molecule has 0 bridgehead atoms. The number of rotatable bonds is 15. The maximum Gasteiger partial charge on any atom is 0.324 e. The van der Waals surface area contributed by atoms with Crippen molar-refractivity contribution >= 4 is 23.8 Å². The molecule has 1 heterocycles. The molecule has 3 aromatic carbocycles. The van der Waals surface area contributed by atoms with Crippen LogP contribution in [0.1, 0.15) is 50.7 Å². The molecule has 1 aliphatic heterocycles. The molecule has 0 aliphatic carbocycles. The van der Waals surface area contributed by atoms with E-state index in [1.165, 1.54) is 4.90 Å². The van der Waals surface area contributed by atoms with Gasteiger partial charge in [0.1, 0.15) is 11.6 Å². The van der Waals surface area contributed by atoms with Crippen molar-refractivity contribution in [1.82, 2.24) is 20.5 Å². The normalized spacial score (nSPS) is 15.4. The lowest BCUT2D eigenvalue weighted by molar-refractivity contribution is -0.154. The predicted molar refractivity (Wildman–Crippen MR) is 188 cm³/mol. The lowest BCUT2D eigenvalue weighted by atomic mass is 9.76. The molecule has 1 aliphatic rings. The fourth-order valence-corrected chi connectivity index (χ4v) is 6.17. The molecule has 11 nitrogen and oxygen atoms in total. The second kappa shape index (κ2) is 18.3. The van der Waals surface area contributed by atoms with E-state index in [2.05, 4.69) is 10.6 Å². The SMILES string of the molecule is CCCCCC(=O)N(N)C(Cc1ccccc1-c1ccccc1)(C(=O)NC(Cc1ccccc1)C(=O)NC(=O)N1CCOCC1)C(C)CO. The van der Waals surface area contributed by atoms with Gasteiger partial charge >= 0.3 is 6.03 Å². The summed E-state index contributed by atoms with van der Waals surface area (Å²) in [6, 6.07) is 24.5. The molecule has 0 saturated carbocycles. The number of aliphatic hydroxyl groups is 1. The van der Waals surface area contributed by atoms with Crippen LogP contribution in [0.4, 0.5) is 4.79 Å². The number of carbonyl (C=O) groups is 4. The van der Waals surface area contributed by atoms with Crippen LogP contribution in [0.25, 0.3) is 11.1 Å². The van der Waals surface area contributed by atoms with E-state index < -0.39 is 47.9 Å². The summed E-state index contributed by atoms with van der Waals surface area (Å²) >= 11 is 0. The number of urea groups is 1. The van der Waals surface area contributed by atoms with Crippen molar-refractivity contribution in [3.8, 4) is 11.1 Å². The molecule has 3 unspecified atom stereocenters. The van der Waals surface area contributed by atoms with E-state index in [1.807, 2.05) is 91.9 Å². The summed E-state index contributed by atoms with van der Waals surface area (Å²) in [7, 11) is 0. The number of hydrogen-bond acceptors (Lipinski definition) is 7. The van der Waals surface area contributed by atoms with Crippen molar-refractivity contribution in [1.29, 1.82) is 0 Å². The smallest absolute Gasteiger partial charge is 0.324 e. The number of carbonyl (C=O) groups excluding carboxylic acids is 4. The number of nitrogens with two attached hydrogens (primary N) is 1. The fourth-order valence-electron chi connectivity index (χ4n) is 6.17. The maximum atomic E-state index is 14.9. The van der Waals surface area contributed by atoms with Gasteiger partial charge in [-0.2, -0.15) is 0 Å². The van der Waals surface area contributed by atoms with Crippen LogP contribution in [0.15, 0.2) is 84.9 Å². The highest BCUT2D eigenvalue weighted by Crippen LogP contribution is 2.34. The highest BCUT2D eigenvalue weighted by Gasteiger charge is 2.51. The van der Waals surface area contributed by atoms with Crippen LogP contribution in [0.2, 0.25) is 0 Å². The predicted octanol–water partition coefficient (Wildman–Crippen LogP) is 3.84. The minimum atomic E-state index is -1.81. The Bertz CT molecular complexity index is 1530. The van der Waals surface area contributed by atoms with Crippen molar-refractivity contribution in [3.63, 3.8) is 0 Å². The number of amides is 5. The van der Waals surface area contributed by atoms with Crippen LogP contribution in [-0.4, -0.2) is 83.3 Å². The zero-order chi connectivity index (χ0) is 35.2. The first-order valence-corrected chi connectivity index (χ1v) is 17.1. The number of nitrogens with one attached hydrogen (secondary N) is 2. The van der Waals surface area contributed by atoms with Gasteiger partial charge in [-0.1, -0.05) is 112 Å². The molecule has 3 aromatic rings. The number of aliphatic hydroxyl groups excluding tert-OH is 1. The molecule has 262 valence electrons. The Morgan fingerprint density at radius 1 is 0.939 bits per heavy atom. The van der Waals surface area contributed by atoms with Crippen molar-refractivity contribution in [3.05, 3.63) is 96.1 Å². The summed E-state index contributed by atoms with van der Waals surface area (Å²) in [5, 5.41) is 17.0. The second-order valence-electron chi connectivity index (χ2n) is 12.5. The van der Waals surface area contributed by atoms with E-state index in [9.17, 15) is 24.3 Å². The monoisotopic (exact) mass is 671 g/mol. The molecule has 1 fully saturated rings. The number of unbranched alkanes of at least 4 members (excludes halogenated alkanes) is 2. The average Bonchev–Trinajstić information content (AvgIpc) is 3.14. The van der Waals surface area contributed by atoms with Crippen LogP contribution >= 0.6 is 0 Å². The van der Waals surface area contributed by atoms with E-state index in [0.717, 1.165) is 40.1 Å². The molecule has 11 heteroatoms. The van der Waals surface area contributed by atoms with Crippen molar-refractivity contribution in [2.24, 2.45) is 11.8 Å². The first-order valence-electron chi connectivity index (χ1n) is 17.1. The summed E-state index contributed by atoms with van der Waals surface area (Å²) in [6.45, 7) is 4.59. The largest absolute Gasteiger partial charge is 0.396 e. The summed E-state index contributed by atoms with van der Waals surface area (Å²) < 4.78 is 5.33. The molecule has 0 spiro atoms. The van der Waals surface area contributed by atoms with Gasteiger partial charge in [0, 0.05) is 44.9 Å². The number of ether oxygens (including phenoxy) is 1. The van der Waals surface area contributed by atoms with Gasteiger partial charge in [0.2, 0.25) is 11.8 Å². The van der Waals surface area contributed by atoms with Crippen molar-refractivity contribution in [2.45, 2.75) is 64.0 Å². The molecular formula is C38H49N5O6. The van der Waals surface area contributed by atoms with Gasteiger partial charge in [-0.15, -0.1) is 0 Å². The van der Waals surface area contributed by atoms with E-state index in [0.29, 0.717) is 32.7 Å². The molecule has 0 aromatic heterocycles. The Hall–Kier alpha value is -4.58. The number of hydrazine groups is 1. The standard InChI is InChI=1S/C38H49N5O6/c1-3-4-7-20-34(45)43(39)38(28(2)27-44,26-31-18-12-13-19-32(31)30-16-10-6-11-17-30)36(47)40-33(25-29-14-8-5-9-15-29)35(46)41-37(48)42-21-23-49-24-22-42/h5-6,8-19,28,33,44H,3-4,7,20-27,39H2,1-2H3,(H,40,47)(H,41,46,48). The Labute approximate surface area is 288 Å².